The van der Waals surface area contributed by atoms with Gasteiger partial charge in [0, 0.05) is 21.5 Å². The van der Waals surface area contributed by atoms with Gasteiger partial charge >= 0.3 is 0 Å². The van der Waals surface area contributed by atoms with Gasteiger partial charge in [-0.2, -0.15) is 0 Å². The van der Waals surface area contributed by atoms with Crippen molar-refractivity contribution < 1.29 is 19.1 Å². The topological polar surface area (TPSA) is 57.6 Å². The molecule has 1 N–H and O–H groups in total. The van der Waals surface area contributed by atoms with Crippen LogP contribution in [0.3, 0.4) is 0 Å². The first-order chi connectivity index (χ1) is 16.0. The predicted molar refractivity (Wildman–Crippen MR) is 131 cm³/mol. The highest BCUT2D eigenvalue weighted by molar-refractivity contribution is 6.37. The van der Waals surface area contributed by atoms with E-state index in [9.17, 15) is 19.1 Å². The number of carbonyl (C=O) groups is 2. The standard InChI is InChI=1S/C28H23ClFNO3/c1-27(2)15-28(3,16-8-10-17(29)11-9-16)22-13-18(30)12-20-21(26(34)31(27)25(20)22)14-24(33)19-6-4-5-7-23(19)32/h4-14,32H,15H2,1-3H3/b21-14+. The first-order valence-corrected chi connectivity index (χ1v) is 11.4. The summed E-state index contributed by atoms with van der Waals surface area (Å²) in [5.41, 5.74) is 1.67. The number of aromatic hydroxyl groups is 1. The monoisotopic (exact) mass is 475 g/mol. The van der Waals surface area contributed by atoms with Crippen molar-refractivity contribution in [2.24, 2.45) is 0 Å². The molecular weight excluding hydrogens is 453 g/mol. The summed E-state index contributed by atoms with van der Waals surface area (Å²) in [6.45, 7) is 6.00. The zero-order valence-corrected chi connectivity index (χ0v) is 19.8. The van der Waals surface area contributed by atoms with Crippen LogP contribution in [0.2, 0.25) is 5.02 Å². The summed E-state index contributed by atoms with van der Waals surface area (Å²) in [5, 5.41) is 10.7. The van der Waals surface area contributed by atoms with E-state index in [1.807, 2.05) is 45.0 Å². The average molecular weight is 476 g/mol. The Balaban J connectivity index is 1.74. The third-order valence-corrected chi connectivity index (χ3v) is 7.19. The van der Waals surface area contributed by atoms with Gasteiger partial charge in [0.15, 0.2) is 5.78 Å². The largest absolute Gasteiger partial charge is 0.507 e. The van der Waals surface area contributed by atoms with Gasteiger partial charge in [0.2, 0.25) is 0 Å². The van der Waals surface area contributed by atoms with Crippen molar-refractivity contribution in [3.63, 3.8) is 0 Å². The molecule has 0 aliphatic carbocycles. The van der Waals surface area contributed by atoms with Gasteiger partial charge in [-0.1, -0.05) is 42.8 Å². The number of phenolic OH excluding ortho intramolecular Hbond substituents is 1. The van der Waals surface area contributed by atoms with Crippen molar-refractivity contribution in [1.29, 1.82) is 0 Å². The third-order valence-electron chi connectivity index (χ3n) is 6.93. The highest BCUT2D eigenvalue weighted by Crippen LogP contribution is 2.56. The maximum absolute atomic E-state index is 15.0. The predicted octanol–water partition coefficient (Wildman–Crippen LogP) is 6.29. The number of allylic oxidation sites excluding steroid dienone is 1. The molecule has 3 aromatic carbocycles. The summed E-state index contributed by atoms with van der Waals surface area (Å²) in [7, 11) is 0. The van der Waals surface area contributed by atoms with E-state index in [0.29, 0.717) is 28.3 Å². The number of para-hydroxylation sites is 1. The van der Waals surface area contributed by atoms with Gasteiger partial charge in [0.25, 0.3) is 5.91 Å². The smallest absolute Gasteiger partial charge is 0.259 e. The van der Waals surface area contributed by atoms with Gasteiger partial charge < -0.3 is 10.0 Å². The number of amides is 1. The van der Waals surface area contributed by atoms with Crippen LogP contribution in [0.4, 0.5) is 10.1 Å². The number of ketones is 1. The molecule has 0 fully saturated rings. The number of anilines is 1. The average Bonchev–Trinajstić information content (AvgIpc) is 3.05. The van der Waals surface area contributed by atoms with Crippen LogP contribution in [0, 0.1) is 5.82 Å². The van der Waals surface area contributed by atoms with E-state index in [0.717, 1.165) is 5.56 Å². The Morgan fingerprint density at radius 1 is 1.09 bits per heavy atom. The summed E-state index contributed by atoms with van der Waals surface area (Å²) in [5.74, 6) is -1.53. The molecule has 0 saturated heterocycles. The molecule has 0 bridgehead atoms. The van der Waals surface area contributed by atoms with Crippen LogP contribution >= 0.6 is 11.6 Å². The number of rotatable bonds is 3. The van der Waals surface area contributed by atoms with Gasteiger partial charge in [-0.15, -0.1) is 0 Å². The second-order valence-electron chi connectivity index (χ2n) is 9.76. The number of halogens is 2. The molecule has 0 spiro atoms. The molecule has 5 rings (SSSR count). The molecule has 34 heavy (non-hydrogen) atoms. The number of benzene rings is 3. The van der Waals surface area contributed by atoms with E-state index in [1.54, 1.807) is 17.0 Å². The summed E-state index contributed by atoms with van der Waals surface area (Å²) in [6.07, 6.45) is 1.75. The van der Waals surface area contributed by atoms with Crippen LogP contribution in [0.25, 0.3) is 5.57 Å². The molecule has 0 aromatic heterocycles. The Labute approximate surface area is 202 Å². The second kappa shape index (κ2) is 7.54. The molecule has 1 atom stereocenters. The maximum atomic E-state index is 15.0. The number of carbonyl (C=O) groups excluding carboxylic acids is 2. The van der Waals surface area contributed by atoms with Crippen LogP contribution in [0.15, 0.2) is 66.7 Å². The molecular formula is C28H23ClFNO3. The van der Waals surface area contributed by atoms with E-state index in [2.05, 4.69) is 0 Å². The van der Waals surface area contributed by atoms with Crippen molar-refractivity contribution >= 4 is 34.6 Å². The van der Waals surface area contributed by atoms with Crippen LogP contribution in [-0.4, -0.2) is 22.3 Å². The molecule has 3 aromatic rings. The Kier molecular flexibility index (Phi) is 4.96. The Hall–Kier alpha value is -3.44. The first-order valence-electron chi connectivity index (χ1n) is 11.0. The van der Waals surface area contributed by atoms with Crippen LogP contribution in [-0.2, 0) is 10.2 Å². The highest BCUT2D eigenvalue weighted by Gasteiger charge is 2.53. The van der Waals surface area contributed by atoms with Gasteiger partial charge in [-0.25, -0.2) is 4.39 Å². The lowest BCUT2D eigenvalue weighted by Gasteiger charge is -2.49. The number of hydrogen-bond acceptors (Lipinski definition) is 3. The summed E-state index contributed by atoms with van der Waals surface area (Å²) >= 11 is 6.11. The Morgan fingerprint density at radius 2 is 1.76 bits per heavy atom. The SMILES string of the molecule is CC1(c2ccc(Cl)cc2)CC(C)(C)N2C(=O)/C(=C/C(=O)c3ccccc3O)c3cc(F)cc1c32. The van der Waals surface area contributed by atoms with Gasteiger partial charge in [0.05, 0.1) is 16.8 Å². The van der Waals surface area contributed by atoms with Crippen LogP contribution < -0.4 is 4.90 Å². The first kappa shape index (κ1) is 22.4. The van der Waals surface area contributed by atoms with E-state index in [4.69, 9.17) is 11.6 Å². The van der Waals surface area contributed by atoms with Crippen LogP contribution in [0.1, 0.15) is 54.2 Å². The zero-order valence-electron chi connectivity index (χ0n) is 19.0. The van der Waals surface area contributed by atoms with Gasteiger partial charge in [-0.3, -0.25) is 9.59 Å². The maximum Gasteiger partial charge on any atom is 0.259 e. The number of nitrogens with zero attached hydrogens (tertiary/aromatic N) is 1. The van der Waals surface area contributed by atoms with Crippen molar-refractivity contribution in [2.45, 2.75) is 38.1 Å². The van der Waals surface area contributed by atoms with E-state index < -0.39 is 22.6 Å². The Bertz CT molecular complexity index is 1390. The van der Waals surface area contributed by atoms with Crippen molar-refractivity contribution in [1.82, 2.24) is 0 Å². The fraction of sp³-hybridized carbons (Fsp3) is 0.214. The third kappa shape index (κ3) is 3.26. The zero-order chi connectivity index (χ0) is 24.4. The molecule has 4 nitrogen and oxygen atoms in total. The summed E-state index contributed by atoms with van der Waals surface area (Å²) in [4.78, 5) is 28.3. The normalized spacial score (nSPS) is 21.6. The van der Waals surface area contributed by atoms with Crippen LogP contribution in [0.5, 0.6) is 5.75 Å². The number of hydrogen-bond donors (Lipinski definition) is 1. The lowest BCUT2D eigenvalue weighted by Crippen LogP contribution is -2.54. The second-order valence-corrected chi connectivity index (χ2v) is 10.2. The summed E-state index contributed by atoms with van der Waals surface area (Å²) < 4.78 is 15.0. The highest BCUT2D eigenvalue weighted by atomic mass is 35.5. The Morgan fingerprint density at radius 3 is 2.44 bits per heavy atom. The molecule has 2 aliphatic heterocycles. The summed E-state index contributed by atoms with van der Waals surface area (Å²) in [6, 6.07) is 16.4. The van der Waals surface area contributed by atoms with Crippen molar-refractivity contribution in [2.75, 3.05) is 4.90 Å². The fourth-order valence-corrected chi connectivity index (χ4v) is 5.65. The lowest BCUT2D eigenvalue weighted by molar-refractivity contribution is -0.114. The van der Waals surface area contributed by atoms with E-state index >= 15 is 0 Å². The lowest BCUT2D eigenvalue weighted by atomic mass is 9.65. The molecule has 1 unspecified atom stereocenters. The molecule has 6 heteroatoms. The van der Waals surface area contributed by atoms with Crippen molar-refractivity contribution in [3.8, 4) is 5.75 Å². The van der Waals surface area contributed by atoms with Gasteiger partial charge in [-0.05, 0) is 73.9 Å². The molecule has 1 amide bonds. The number of phenols is 1. The minimum absolute atomic E-state index is 0.0829. The van der Waals surface area contributed by atoms with E-state index in [-0.39, 0.29) is 22.8 Å². The molecule has 2 heterocycles. The molecule has 2 aliphatic rings. The molecule has 0 saturated carbocycles. The molecule has 0 radical (unpaired) electrons. The fourth-order valence-electron chi connectivity index (χ4n) is 5.53. The van der Waals surface area contributed by atoms with Gasteiger partial charge in [0.1, 0.15) is 11.6 Å². The molecule has 172 valence electrons. The van der Waals surface area contributed by atoms with E-state index in [1.165, 1.54) is 30.3 Å². The minimum atomic E-state index is -0.613. The quantitative estimate of drug-likeness (QED) is 0.358. The van der Waals surface area contributed by atoms with Crippen molar-refractivity contribution in [3.05, 3.63) is 99.8 Å². The minimum Gasteiger partial charge on any atom is -0.507 e.